The second kappa shape index (κ2) is 5.24. The second-order valence-corrected chi connectivity index (χ2v) is 5.37. The number of likely N-dealkylation sites (N-methyl/N-ethyl adjacent to an activating group) is 1. The average Bonchev–Trinajstić information content (AvgIpc) is 2.83. The number of nitrogens with zero attached hydrogens (tertiary/aromatic N) is 3. The van der Waals surface area contributed by atoms with E-state index in [2.05, 4.69) is 27.9 Å². The third-order valence-corrected chi connectivity index (χ3v) is 3.92. The molecule has 2 aliphatic heterocycles. The van der Waals surface area contributed by atoms with Crippen LogP contribution in [0.4, 0.5) is 5.82 Å². The predicted molar refractivity (Wildman–Crippen MR) is 71.7 cm³/mol. The average molecular weight is 247 g/mol. The molecule has 1 atom stereocenters. The van der Waals surface area contributed by atoms with Gasteiger partial charge in [0.05, 0.1) is 6.61 Å². The Morgan fingerprint density at radius 2 is 2.39 bits per heavy atom. The summed E-state index contributed by atoms with van der Waals surface area (Å²) in [5.41, 5.74) is 1.34. The van der Waals surface area contributed by atoms with Gasteiger partial charge in [-0.2, -0.15) is 0 Å². The van der Waals surface area contributed by atoms with Crippen molar-refractivity contribution in [3.8, 4) is 0 Å². The molecule has 1 aromatic rings. The van der Waals surface area contributed by atoms with Crippen LogP contribution in [0, 0.1) is 5.92 Å². The monoisotopic (exact) mass is 247 g/mol. The van der Waals surface area contributed by atoms with Gasteiger partial charge in [0.1, 0.15) is 5.82 Å². The number of rotatable bonds is 2. The third-order valence-electron chi connectivity index (χ3n) is 3.92. The fraction of sp³-hybridized carbons (Fsp3) is 0.643. The first-order valence-corrected chi connectivity index (χ1v) is 6.78. The van der Waals surface area contributed by atoms with Gasteiger partial charge in [0.2, 0.25) is 0 Å². The Morgan fingerprint density at radius 1 is 1.44 bits per heavy atom. The molecule has 0 radical (unpaired) electrons. The molecule has 3 heterocycles. The summed E-state index contributed by atoms with van der Waals surface area (Å²) in [6.45, 7) is 6.22. The SMILES string of the molecule is CN1CCN(C[C@@H]2CCOC2)Cc2cccnc21. The van der Waals surface area contributed by atoms with E-state index in [4.69, 9.17) is 4.74 Å². The largest absolute Gasteiger partial charge is 0.381 e. The molecule has 18 heavy (non-hydrogen) atoms. The van der Waals surface area contributed by atoms with Crippen molar-refractivity contribution < 1.29 is 4.74 Å². The number of aromatic nitrogens is 1. The molecule has 0 N–H and O–H groups in total. The minimum absolute atomic E-state index is 0.716. The maximum Gasteiger partial charge on any atom is 0.132 e. The molecular formula is C14H21N3O. The van der Waals surface area contributed by atoms with Gasteiger partial charge in [-0.15, -0.1) is 0 Å². The Kier molecular flexibility index (Phi) is 3.48. The number of ether oxygens (including phenoxy) is 1. The van der Waals surface area contributed by atoms with Crippen LogP contribution in [0.25, 0.3) is 0 Å². The van der Waals surface area contributed by atoms with Gasteiger partial charge in [0.15, 0.2) is 0 Å². The summed E-state index contributed by atoms with van der Waals surface area (Å²) in [6, 6.07) is 4.23. The topological polar surface area (TPSA) is 28.6 Å². The number of hydrogen-bond acceptors (Lipinski definition) is 4. The van der Waals surface area contributed by atoms with Crippen LogP contribution in [0.5, 0.6) is 0 Å². The van der Waals surface area contributed by atoms with Crippen LogP contribution < -0.4 is 4.90 Å². The highest BCUT2D eigenvalue weighted by Crippen LogP contribution is 2.23. The van der Waals surface area contributed by atoms with E-state index in [0.29, 0.717) is 5.92 Å². The zero-order valence-corrected chi connectivity index (χ0v) is 11.0. The highest BCUT2D eigenvalue weighted by Gasteiger charge is 2.23. The van der Waals surface area contributed by atoms with E-state index >= 15 is 0 Å². The molecule has 0 spiro atoms. The minimum atomic E-state index is 0.716. The van der Waals surface area contributed by atoms with Crippen molar-refractivity contribution in [2.24, 2.45) is 5.92 Å². The molecule has 3 rings (SSSR count). The molecule has 1 saturated heterocycles. The maximum atomic E-state index is 5.47. The van der Waals surface area contributed by atoms with Gasteiger partial charge in [-0.05, 0) is 18.4 Å². The van der Waals surface area contributed by atoms with Crippen molar-refractivity contribution in [1.29, 1.82) is 0 Å². The number of hydrogen-bond donors (Lipinski definition) is 0. The summed E-state index contributed by atoms with van der Waals surface area (Å²) in [4.78, 5) is 9.31. The summed E-state index contributed by atoms with van der Waals surface area (Å²) in [5.74, 6) is 1.86. The van der Waals surface area contributed by atoms with Crippen LogP contribution in [0.1, 0.15) is 12.0 Å². The molecule has 1 aromatic heterocycles. The summed E-state index contributed by atoms with van der Waals surface area (Å²) in [5, 5.41) is 0. The zero-order valence-electron chi connectivity index (χ0n) is 11.0. The van der Waals surface area contributed by atoms with Crippen molar-refractivity contribution in [2.75, 3.05) is 44.8 Å². The van der Waals surface area contributed by atoms with Crippen LogP contribution in [0.15, 0.2) is 18.3 Å². The molecule has 0 amide bonds. The molecule has 4 heteroatoms. The molecular weight excluding hydrogens is 226 g/mol. The lowest BCUT2D eigenvalue weighted by molar-refractivity contribution is 0.166. The lowest BCUT2D eigenvalue weighted by Crippen LogP contribution is -2.33. The number of fused-ring (bicyclic) bond motifs is 1. The Hall–Kier alpha value is -1.13. The first kappa shape index (κ1) is 11.9. The third kappa shape index (κ3) is 2.49. The van der Waals surface area contributed by atoms with Crippen molar-refractivity contribution in [1.82, 2.24) is 9.88 Å². The smallest absolute Gasteiger partial charge is 0.132 e. The molecule has 0 bridgehead atoms. The maximum absolute atomic E-state index is 5.47. The molecule has 0 aromatic carbocycles. The van der Waals surface area contributed by atoms with Crippen molar-refractivity contribution in [3.63, 3.8) is 0 Å². The Morgan fingerprint density at radius 3 is 3.22 bits per heavy atom. The fourth-order valence-corrected chi connectivity index (χ4v) is 2.86. The fourth-order valence-electron chi connectivity index (χ4n) is 2.86. The Bertz CT molecular complexity index is 404. The molecule has 4 nitrogen and oxygen atoms in total. The Labute approximate surface area is 109 Å². The van der Waals surface area contributed by atoms with E-state index in [-0.39, 0.29) is 0 Å². The van der Waals surface area contributed by atoms with E-state index in [0.717, 1.165) is 45.2 Å². The molecule has 0 aliphatic carbocycles. The summed E-state index contributed by atoms with van der Waals surface area (Å²) < 4.78 is 5.47. The van der Waals surface area contributed by atoms with Gasteiger partial charge in [0.25, 0.3) is 0 Å². The van der Waals surface area contributed by atoms with Crippen LogP contribution >= 0.6 is 0 Å². The van der Waals surface area contributed by atoms with Crippen LogP contribution in [0.3, 0.4) is 0 Å². The molecule has 0 saturated carbocycles. The van der Waals surface area contributed by atoms with Crippen molar-refractivity contribution >= 4 is 5.82 Å². The van der Waals surface area contributed by atoms with Gasteiger partial charge >= 0.3 is 0 Å². The second-order valence-electron chi connectivity index (χ2n) is 5.37. The lowest BCUT2D eigenvalue weighted by atomic mass is 10.1. The summed E-state index contributed by atoms with van der Waals surface area (Å²) in [7, 11) is 2.13. The van der Waals surface area contributed by atoms with Gasteiger partial charge in [-0.3, -0.25) is 4.90 Å². The highest BCUT2D eigenvalue weighted by atomic mass is 16.5. The minimum Gasteiger partial charge on any atom is -0.381 e. The van der Waals surface area contributed by atoms with E-state index in [1.165, 1.54) is 12.0 Å². The van der Waals surface area contributed by atoms with Crippen molar-refractivity contribution in [2.45, 2.75) is 13.0 Å². The molecule has 98 valence electrons. The molecule has 2 aliphatic rings. The lowest BCUT2D eigenvalue weighted by Gasteiger charge is -2.23. The zero-order chi connectivity index (χ0) is 12.4. The van der Waals surface area contributed by atoms with Crippen molar-refractivity contribution in [3.05, 3.63) is 23.9 Å². The van der Waals surface area contributed by atoms with Crippen LogP contribution in [-0.2, 0) is 11.3 Å². The summed E-state index contributed by atoms with van der Waals surface area (Å²) in [6.07, 6.45) is 3.10. The van der Waals surface area contributed by atoms with E-state index in [1.54, 1.807) is 0 Å². The van der Waals surface area contributed by atoms with Gasteiger partial charge < -0.3 is 9.64 Å². The normalized spacial score (nSPS) is 24.9. The number of pyridine rings is 1. The van der Waals surface area contributed by atoms with E-state index < -0.39 is 0 Å². The highest BCUT2D eigenvalue weighted by molar-refractivity contribution is 5.46. The standard InChI is InChI=1S/C14H21N3O/c1-16-6-7-17(9-12-4-8-18-11-12)10-13-3-2-5-15-14(13)16/h2-3,5,12H,4,6-11H2,1H3/t12-/m0/s1. The van der Waals surface area contributed by atoms with Crippen LogP contribution in [-0.4, -0.2) is 49.8 Å². The quantitative estimate of drug-likeness (QED) is 0.789. The van der Waals surface area contributed by atoms with Gasteiger partial charge in [-0.1, -0.05) is 6.07 Å². The van der Waals surface area contributed by atoms with Gasteiger partial charge in [0, 0.05) is 51.6 Å². The first-order valence-electron chi connectivity index (χ1n) is 6.78. The molecule has 1 fully saturated rings. The van der Waals surface area contributed by atoms with E-state index in [1.807, 2.05) is 12.3 Å². The number of anilines is 1. The van der Waals surface area contributed by atoms with Gasteiger partial charge in [-0.25, -0.2) is 4.98 Å². The van der Waals surface area contributed by atoms with E-state index in [9.17, 15) is 0 Å². The van der Waals surface area contributed by atoms with Crippen LogP contribution in [0.2, 0.25) is 0 Å². The first-order chi connectivity index (χ1) is 8.83. The summed E-state index contributed by atoms with van der Waals surface area (Å²) >= 11 is 0. The predicted octanol–water partition coefficient (Wildman–Crippen LogP) is 1.37. The Balaban J connectivity index is 1.72. The molecule has 0 unspecified atom stereocenters.